The second kappa shape index (κ2) is 6.12. The van der Waals surface area contributed by atoms with Gasteiger partial charge in [-0.3, -0.25) is 14.7 Å². The highest BCUT2D eigenvalue weighted by molar-refractivity contribution is 7.86. The largest absolute Gasteiger partial charge is 0.301 e. The van der Waals surface area contributed by atoms with Crippen LogP contribution in [0.1, 0.15) is 18.4 Å². The Morgan fingerprint density at radius 1 is 1.33 bits per heavy atom. The molecule has 6 nitrogen and oxygen atoms in total. The van der Waals surface area contributed by atoms with Gasteiger partial charge in [0, 0.05) is 11.4 Å². The Balaban J connectivity index is 3.23. The van der Waals surface area contributed by atoms with Crippen LogP contribution in [-0.2, 0) is 16.5 Å². The van der Waals surface area contributed by atoms with E-state index in [1.807, 2.05) is 0 Å². The van der Waals surface area contributed by atoms with Gasteiger partial charge in [0.2, 0.25) is 0 Å². The monoisotopic (exact) mass is 293 g/mol. The van der Waals surface area contributed by atoms with Gasteiger partial charge in [-0.25, -0.2) is 0 Å². The van der Waals surface area contributed by atoms with Crippen molar-refractivity contribution in [2.75, 3.05) is 5.88 Å². The molecule has 0 aliphatic rings. The van der Waals surface area contributed by atoms with Crippen molar-refractivity contribution in [2.24, 2.45) is 0 Å². The molecule has 100 valence electrons. The molecule has 0 bridgehead atoms. The summed E-state index contributed by atoms with van der Waals surface area (Å²) in [5.41, 5.74) is -0.283. The number of rotatable bonds is 6. The molecule has 0 saturated heterocycles. The minimum Gasteiger partial charge on any atom is -0.282 e. The number of nitro groups is 1. The standard InChI is InChI=1S/C10H12ClNO5S/c11-7-2-1-4-8-5-3-6-9(18(15,16)17)10(8)12(13)14/h3,5-6H,1-2,4,7H2,(H,15,16,17). The summed E-state index contributed by atoms with van der Waals surface area (Å²) in [6.07, 6.45) is 1.63. The average molecular weight is 294 g/mol. The molecule has 0 radical (unpaired) electrons. The highest BCUT2D eigenvalue weighted by Crippen LogP contribution is 2.28. The second-order valence-corrected chi connectivity index (χ2v) is 5.41. The molecule has 1 aromatic rings. The van der Waals surface area contributed by atoms with Crippen molar-refractivity contribution >= 4 is 27.4 Å². The zero-order valence-electron chi connectivity index (χ0n) is 9.37. The summed E-state index contributed by atoms with van der Waals surface area (Å²) in [6.45, 7) is 0. The second-order valence-electron chi connectivity index (χ2n) is 3.64. The first kappa shape index (κ1) is 14.9. The molecule has 8 heteroatoms. The van der Waals surface area contributed by atoms with E-state index in [2.05, 4.69) is 0 Å². The highest BCUT2D eigenvalue weighted by Gasteiger charge is 2.26. The van der Waals surface area contributed by atoms with Crippen molar-refractivity contribution in [3.8, 4) is 0 Å². The van der Waals surface area contributed by atoms with Crippen molar-refractivity contribution in [3.05, 3.63) is 33.9 Å². The lowest BCUT2D eigenvalue weighted by Crippen LogP contribution is -2.06. The maximum Gasteiger partial charge on any atom is 0.301 e. The van der Waals surface area contributed by atoms with Crippen LogP contribution in [0.25, 0.3) is 0 Å². The fourth-order valence-electron chi connectivity index (χ4n) is 1.59. The molecule has 0 heterocycles. The summed E-state index contributed by atoms with van der Waals surface area (Å²) in [5, 5.41) is 10.9. The SMILES string of the molecule is O=[N+]([O-])c1c(CCCCCl)cccc1S(=O)(=O)O. The van der Waals surface area contributed by atoms with E-state index >= 15 is 0 Å². The number of nitrogens with zero attached hydrogens (tertiary/aromatic N) is 1. The fourth-order valence-corrected chi connectivity index (χ4v) is 2.48. The van der Waals surface area contributed by atoms with Crippen molar-refractivity contribution in [3.63, 3.8) is 0 Å². The summed E-state index contributed by atoms with van der Waals surface area (Å²) >= 11 is 5.50. The first-order chi connectivity index (χ1) is 8.38. The molecule has 1 N–H and O–H groups in total. The van der Waals surface area contributed by atoms with E-state index in [9.17, 15) is 18.5 Å². The normalized spacial score (nSPS) is 11.4. The molecule has 0 unspecified atom stereocenters. The number of benzene rings is 1. The van der Waals surface area contributed by atoms with Crippen LogP contribution >= 0.6 is 11.6 Å². The van der Waals surface area contributed by atoms with E-state index in [0.29, 0.717) is 25.1 Å². The lowest BCUT2D eigenvalue weighted by atomic mass is 10.1. The molecule has 0 aliphatic carbocycles. The number of halogens is 1. The first-order valence-corrected chi connectivity index (χ1v) is 7.15. The lowest BCUT2D eigenvalue weighted by molar-refractivity contribution is -0.388. The number of aryl methyl sites for hydroxylation is 1. The van der Waals surface area contributed by atoms with Crippen LogP contribution in [0.2, 0.25) is 0 Å². The van der Waals surface area contributed by atoms with E-state index in [-0.39, 0.29) is 5.56 Å². The van der Waals surface area contributed by atoms with E-state index in [0.717, 1.165) is 6.07 Å². The van der Waals surface area contributed by atoms with Crippen LogP contribution in [0.3, 0.4) is 0 Å². The van der Waals surface area contributed by atoms with Gasteiger partial charge in [-0.1, -0.05) is 12.1 Å². The van der Waals surface area contributed by atoms with Gasteiger partial charge in [-0.05, 0) is 25.3 Å². The fraction of sp³-hybridized carbons (Fsp3) is 0.400. The lowest BCUT2D eigenvalue weighted by Gasteiger charge is -2.05. The third kappa shape index (κ3) is 3.66. The van der Waals surface area contributed by atoms with Crippen LogP contribution in [0.15, 0.2) is 23.1 Å². The molecular weight excluding hydrogens is 282 g/mol. The van der Waals surface area contributed by atoms with E-state index in [4.69, 9.17) is 16.2 Å². The molecule has 0 spiro atoms. The van der Waals surface area contributed by atoms with Gasteiger partial charge >= 0.3 is 10.1 Å². The Kier molecular flexibility index (Phi) is 5.06. The molecule has 1 aromatic carbocycles. The predicted octanol–water partition coefficient (Wildman–Crippen LogP) is 2.40. The Bertz CT molecular complexity index is 543. The number of alkyl halides is 1. The summed E-state index contributed by atoms with van der Waals surface area (Å²) in [4.78, 5) is 9.46. The Hall–Kier alpha value is -1.18. The summed E-state index contributed by atoms with van der Waals surface area (Å²) in [7, 11) is -4.60. The molecular formula is C10H12ClNO5S. The maximum absolute atomic E-state index is 11.1. The molecule has 0 saturated carbocycles. The molecule has 18 heavy (non-hydrogen) atoms. The number of para-hydroxylation sites is 1. The topological polar surface area (TPSA) is 97.5 Å². The minimum absolute atomic E-state index is 0.278. The highest BCUT2D eigenvalue weighted by atomic mass is 35.5. The third-order valence-electron chi connectivity index (χ3n) is 2.37. The third-order valence-corrected chi connectivity index (χ3v) is 3.53. The quantitative estimate of drug-likeness (QED) is 0.285. The van der Waals surface area contributed by atoms with Crippen LogP contribution in [0.4, 0.5) is 5.69 Å². The Labute approximate surface area is 109 Å². The predicted molar refractivity (Wildman–Crippen MR) is 66.6 cm³/mol. The maximum atomic E-state index is 11.1. The van der Waals surface area contributed by atoms with Gasteiger partial charge in [0.05, 0.1) is 4.92 Å². The number of hydrogen-bond donors (Lipinski definition) is 1. The zero-order valence-corrected chi connectivity index (χ0v) is 10.9. The van der Waals surface area contributed by atoms with Crippen molar-refractivity contribution < 1.29 is 17.9 Å². The Morgan fingerprint density at radius 3 is 2.50 bits per heavy atom. The number of nitro benzene ring substituents is 1. The minimum atomic E-state index is -4.60. The summed E-state index contributed by atoms with van der Waals surface area (Å²) < 4.78 is 31.1. The number of unbranched alkanes of at least 4 members (excludes halogenated alkanes) is 1. The molecule has 0 aromatic heterocycles. The Morgan fingerprint density at radius 2 is 2.00 bits per heavy atom. The van der Waals surface area contributed by atoms with Gasteiger partial charge in [-0.15, -0.1) is 11.6 Å². The van der Waals surface area contributed by atoms with Crippen LogP contribution in [0, 0.1) is 10.1 Å². The van der Waals surface area contributed by atoms with Gasteiger partial charge in [0.25, 0.3) is 5.69 Å². The van der Waals surface area contributed by atoms with Crippen molar-refractivity contribution in [2.45, 2.75) is 24.2 Å². The molecule has 0 aliphatic heterocycles. The number of hydrogen-bond acceptors (Lipinski definition) is 4. The van der Waals surface area contributed by atoms with Gasteiger partial charge in [0.15, 0.2) is 4.90 Å². The molecule has 0 fully saturated rings. The molecule has 0 atom stereocenters. The van der Waals surface area contributed by atoms with Crippen LogP contribution in [-0.4, -0.2) is 23.8 Å². The average Bonchev–Trinajstić information content (AvgIpc) is 2.27. The van der Waals surface area contributed by atoms with Gasteiger partial charge < -0.3 is 0 Å². The smallest absolute Gasteiger partial charge is 0.282 e. The summed E-state index contributed by atoms with van der Waals surface area (Å²) in [6, 6.07) is 3.85. The van der Waals surface area contributed by atoms with Crippen LogP contribution < -0.4 is 0 Å². The van der Waals surface area contributed by atoms with Crippen LogP contribution in [0.5, 0.6) is 0 Å². The van der Waals surface area contributed by atoms with E-state index < -0.39 is 25.6 Å². The first-order valence-electron chi connectivity index (χ1n) is 5.17. The van der Waals surface area contributed by atoms with E-state index in [1.54, 1.807) is 0 Å². The van der Waals surface area contributed by atoms with Gasteiger partial charge in [0.1, 0.15) is 0 Å². The van der Waals surface area contributed by atoms with Crippen molar-refractivity contribution in [1.82, 2.24) is 0 Å². The van der Waals surface area contributed by atoms with E-state index in [1.165, 1.54) is 12.1 Å². The molecule has 0 amide bonds. The summed E-state index contributed by atoms with van der Waals surface area (Å²) in [5.74, 6) is 0.436. The van der Waals surface area contributed by atoms with Crippen molar-refractivity contribution in [1.29, 1.82) is 0 Å². The zero-order chi connectivity index (χ0) is 13.8. The molecule has 1 rings (SSSR count). The van der Waals surface area contributed by atoms with Gasteiger partial charge in [-0.2, -0.15) is 8.42 Å².